The molecular formula is C13H20N2O4S. The van der Waals surface area contributed by atoms with Crippen LogP contribution in [0.15, 0.2) is 29.2 Å². The zero-order chi connectivity index (χ0) is 15.2. The molecule has 0 aliphatic carbocycles. The summed E-state index contributed by atoms with van der Waals surface area (Å²) < 4.78 is 30.3. The van der Waals surface area contributed by atoms with E-state index in [-0.39, 0.29) is 24.6 Å². The summed E-state index contributed by atoms with van der Waals surface area (Å²) in [5, 5.41) is 2.48. The Morgan fingerprint density at radius 1 is 1.30 bits per heavy atom. The number of hydrogen-bond donors (Lipinski definition) is 1. The van der Waals surface area contributed by atoms with Crippen LogP contribution < -0.4 is 5.32 Å². The molecule has 1 N–H and O–H groups in total. The number of likely N-dealkylation sites (N-methyl/N-ethyl adjacent to an activating group) is 1. The van der Waals surface area contributed by atoms with Gasteiger partial charge in [0.15, 0.2) is 0 Å². The molecule has 0 unspecified atom stereocenters. The number of alkyl carbamates (subject to hydrolysis) is 1. The second kappa shape index (κ2) is 7.25. The van der Waals surface area contributed by atoms with E-state index in [0.717, 1.165) is 5.56 Å². The minimum Gasteiger partial charge on any atom is -0.450 e. The maximum absolute atomic E-state index is 12.2. The number of carbonyl (C=O) groups excluding carboxylic acids is 1. The van der Waals surface area contributed by atoms with Crippen LogP contribution in [0.25, 0.3) is 0 Å². The first-order valence-electron chi connectivity index (χ1n) is 6.31. The molecular weight excluding hydrogens is 280 g/mol. The van der Waals surface area contributed by atoms with E-state index in [4.69, 9.17) is 0 Å². The Hall–Kier alpha value is -1.60. The lowest BCUT2D eigenvalue weighted by Gasteiger charge is -2.17. The van der Waals surface area contributed by atoms with Crippen molar-refractivity contribution < 1.29 is 17.9 Å². The van der Waals surface area contributed by atoms with Gasteiger partial charge in [0.05, 0.1) is 11.5 Å². The molecule has 1 aromatic rings. The van der Waals surface area contributed by atoms with E-state index in [1.54, 1.807) is 31.2 Å². The van der Waals surface area contributed by atoms with Crippen molar-refractivity contribution in [3.05, 3.63) is 29.8 Å². The van der Waals surface area contributed by atoms with Crippen LogP contribution in [0.5, 0.6) is 0 Å². The molecule has 0 saturated heterocycles. The third-order valence-electron chi connectivity index (χ3n) is 2.70. The highest BCUT2D eigenvalue weighted by Crippen LogP contribution is 2.14. The van der Waals surface area contributed by atoms with Gasteiger partial charge in [0.2, 0.25) is 10.0 Å². The van der Waals surface area contributed by atoms with Gasteiger partial charge >= 0.3 is 6.09 Å². The van der Waals surface area contributed by atoms with E-state index in [0.29, 0.717) is 0 Å². The van der Waals surface area contributed by atoms with Crippen molar-refractivity contribution in [1.29, 1.82) is 0 Å². The molecule has 112 valence electrons. The zero-order valence-electron chi connectivity index (χ0n) is 11.9. The monoisotopic (exact) mass is 300 g/mol. The van der Waals surface area contributed by atoms with Gasteiger partial charge in [0, 0.05) is 20.1 Å². The van der Waals surface area contributed by atoms with Crippen LogP contribution in [-0.4, -0.2) is 45.6 Å². The fourth-order valence-corrected chi connectivity index (χ4v) is 2.68. The van der Waals surface area contributed by atoms with Crippen LogP contribution in [0, 0.1) is 6.92 Å². The van der Waals surface area contributed by atoms with Crippen molar-refractivity contribution in [2.75, 3.05) is 26.7 Å². The van der Waals surface area contributed by atoms with Crippen LogP contribution in [0.4, 0.5) is 4.79 Å². The number of nitrogens with zero attached hydrogens (tertiary/aromatic N) is 1. The maximum Gasteiger partial charge on any atom is 0.407 e. The van der Waals surface area contributed by atoms with Crippen LogP contribution in [-0.2, 0) is 14.8 Å². The van der Waals surface area contributed by atoms with Gasteiger partial charge in [-0.2, -0.15) is 4.31 Å². The number of rotatable bonds is 6. The van der Waals surface area contributed by atoms with Crippen LogP contribution in [0.1, 0.15) is 12.5 Å². The van der Waals surface area contributed by atoms with Gasteiger partial charge in [-0.3, -0.25) is 0 Å². The number of carbonyl (C=O) groups is 1. The lowest BCUT2D eigenvalue weighted by atomic mass is 10.2. The number of sulfonamides is 1. The smallest absolute Gasteiger partial charge is 0.407 e. The molecule has 0 bridgehead atoms. The Bertz CT molecular complexity index is 540. The van der Waals surface area contributed by atoms with Crippen molar-refractivity contribution >= 4 is 16.1 Å². The molecule has 0 aliphatic heterocycles. The number of ether oxygens (including phenoxy) is 1. The molecule has 1 rings (SSSR count). The molecule has 0 spiro atoms. The standard InChI is InChI=1S/C13H20N2O4S/c1-4-19-13(16)14-9-10-15(3)20(17,18)12-7-5-11(2)6-8-12/h5-8H,4,9-10H2,1-3H3,(H,14,16). The molecule has 1 amide bonds. The van der Waals surface area contributed by atoms with E-state index in [1.165, 1.54) is 11.4 Å². The molecule has 0 fully saturated rings. The highest BCUT2D eigenvalue weighted by Gasteiger charge is 2.20. The summed E-state index contributed by atoms with van der Waals surface area (Å²) in [6.45, 7) is 4.25. The first-order valence-corrected chi connectivity index (χ1v) is 7.75. The van der Waals surface area contributed by atoms with E-state index in [2.05, 4.69) is 10.1 Å². The summed E-state index contributed by atoms with van der Waals surface area (Å²) >= 11 is 0. The fraction of sp³-hybridized carbons (Fsp3) is 0.462. The first-order chi connectivity index (χ1) is 9.37. The van der Waals surface area contributed by atoms with E-state index in [9.17, 15) is 13.2 Å². The molecule has 0 radical (unpaired) electrons. The summed E-state index contributed by atoms with van der Waals surface area (Å²) in [7, 11) is -2.05. The molecule has 7 heteroatoms. The Labute approximate surface area is 119 Å². The van der Waals surface area contributed by atoms with E-state index < -0.39 is 16.1 Å². The fourth-order valence-electron chi connectivity index (χ4n) is 1.51. The Morgan fingerprint density at radius 3 is 2.45 bits per heavy atom. The lowest BCUT2D eigenvalue weighted by Crippen LogP contribution is -2.36. The van der Waals surface area contributed by atoms with Crippen molar-refractivity contribution in [3.63, 3.8) is 0 Å². The molecule has 0 heterocycles. The van der Waals surface area contributed by atoms with Crippen LogP contribution in [0.3, 0.4) is 0 Å². The Kier molecular flexibility index (Phi) is 5.97. The number of aryl methyl sites for hydroxylation is 1. The van der Waals surface area contributed by atoms with Gasteiger partial charge in [-0.05, 0) is 26.0 Å². The van der Waals surface area contributed by atoms with Crippen LogP contribution in [0.2, 0.25) is 0 Å². The molecule has 0 aromatic heterocycles. The van der Waals surface area contributed by atoms with Crippen molar-refractivity contribution in [3.8, 4) is 0 Å². The zero-order valence-corrected chi connectivity index (χ0v) is 12.7. The summed E-state index contributed by atoms with van der Waals surface area (Å²) in [6, 6.07) is 6.63. The van der Waals surface area contributed by atoms with E-state index in [1.807, 2.05) is 6.92 Å². The molecule has 0 saturated carbocycles. The molecule has 1 aromatic carbocycles. The largest absolute Gasteiger partial charge is 0.450 e. The van der Waals surface area contributed by atoms with Crippen molar-refractivity contribution in [2.24, 2.45) is 0 Å². The third kappa shape index (κ3) is 4.50. The van der Waals surface area contributed by atoms with Gasteiger partial charge in [-0.1, -0.05) is 17.7 Å². The van der Waals surface area contributed by atoms with Crippen molar-refractivity contribution in [1.82, 2.24) is 9.62 Å². The second-order valence-electron chi connectivity index (χ2n) is 4.29. The van der Waals surface area contributed by atoms with Gasteiger partial charge in [-0.15, -0.1) is 0 Å². The van der Waals surface area contributed by atoms with Gasteiger partial charge in [0.25, 0.3) is 0 Å². The SMILES string of the molecule is CCOC(=O)NCCN(C)S(=O)(=O)c1ccc(C)cc1. The lowest BCUT2D eigenvalue weighted by molar-refractivity contribution is 0.152. The predicted octanol–water partition coefficient (Wildman–Crippen LogP) is 1.36. The Morgan fingerprint density at radius 2 is 1.90 bits per heavy atom. The highest BCUT2D eigenvalue weighted by atomic mass is 32.2. The predicted molar refractivity (Wildman–Crippen MR) is 76.0 cm³/mol. The summed E-state index contributed by atoms with van der Waals surface area (Å²) in [6.07, 6.45) is -0.548. The molecule has 0 atom stereocenters. The number of benzene rings is 1. The summed E-state index contributed by atoms with van der Waals surface area (Å²) in [5.74, 6) is 0. The number of nitrogens with one attached hydrogen (secondary N) is 1. The topological polar surface area (TPSA) is 75.7 Å². The summed E-state index contributed by atoms with van der Waals surface area (Å²) in [4.78, 5) is 11.3. The highest BCUT2D eigenvalue weighted by molar-refractivity contribution is 7.89. The average Bonchev–Trinajstić information content (AvgIpc) is 2.39. The normalized spacial score (nSPS) is 11.4. The quantitative estimate of drug-likeness (QED) is 0.860. The van der Waals surface area contributed by atoms with Crippen LogP contribution >= 0.6 is 0 Å². The third-order valence-corrected chi connectivity index (χ3v) is 4.57. The van der Waals surface area contributed by atoms with Gasteiger partial charge in [0.1, 0.15) is 0 Å². The van der Waals surface area contributed by atoms with E-state index >= 15 is 0 Å². The van der Waals surface area contributed by atoms with Gasteiger partial charge < -0.3 is 10.1 Å². The maximum atomic E-state index is 12.2. The minimum atomic E-state index is -3.52. The van der Waals surface area contributed by atoms with Crippen molar-refractivity contribution in [2.45, 2.75) is 18.7 Å². The first kappa shape index (κ1) is 16.5. The minimum absolute atomic E-state index is 0.176. The molecule has 0 aliphatic rings. The molecule has 20 heavy (non-hydrogen) atoms. The number of hydrogen-bond acceptors (Lipinski definition) is 4. The Balaban J connectivity index is 2.59. The second-order valence-corrected chi connectivity index (χ2v) is 6.33. The molecule has 6 nitrogen and oxygen atoms in total. The average molecular weight is 300 g/mol. The number of amides is 1. The van der Waals surface area contributed by atoms with Gasteiger partial charge in [-0.25, -0.2) is 13.2 Å². The summed E-state index contributed by atoms with van der Waals surface area (Å²) in [5.41, 5.74) is 0.996.